The van der Waals surface area contributed by atoms with Gasteiger partial charge in [0.05, 0.1) is 18.2 Å². The van der Waals surface area contributed by atoms with Crippen LogP contribution in [-0.2, 0) is 4.74 Å². The van der Waals surface area contributed by atoms with Crippen molar-refractivity contribution in [1.82, 2.24) is 5.32 Å². The van der Waals surface area contributed by atoms with Crippen molar-refractivity contribution < 1.29 is 23.1 Å². The zero-order valence-electron chi connectivity index (χ0n) is 15.5. The molecular weight excluding hydrogens is 432 g/mol. The van der Waals surface area contributed by atoms with Gasteiger partial charge in [-0.2, -0.15) is 0 Å². The summed E-state index contributed by atoms with van der Waals surface area (Å²) in [5, 5.41) is 2.73. The lowest BCUT2D eigenvalue weighted by molar-refractivity contribution is 0.0964. The third-order valence-electron chi connectivity index (χ3n) is 4.20. The number of ketones is 1. The van der Waals surface area contributed by atoms with Crippen LogP contribution in [0.2, 0.25) is 0 Å². The standard InChI is InChI=1S/C21H22BrF2NO3/c1-2-3-13-28-21(27)25-18(14-7-9-15(22)10-8-14)11-12-19(26)20-16(23)5-4-6-17(20)24/h4-10,18H,2-3,11-13H2,1H3,(H,25,27). The minimum absolute atomic E-state index is 0.131. The Morgan fingerprint density at radius 1 is 1.11 bits per heavy atom. The van der Waals surface area contributed by atoms with Crippen LogP contribution in [0, 0.1) is 11.6 Å². The van der Waals surface area contributed by atoms with Gasteiger partial charge in [-0.25, -0.2) is 13.6 Å². The zero-order chi connectivity index (χ0) is 20.5. The normalized spacial score (nSPS) is 11.7. The van der Waals surface area contributed by atoms with Crippen LogP contribution in [-0.4, -0.2) is 18.5 Å². The molecule has 0 saturated heterocycles. The molecule has 0 bridgehead atoms. The molecule has 2 aromatic carbocycles. The summed E-state index contributed by atoms with van der Waals surface area (Å²) in [7, 11) is 0. The van der Waals surface area contributed by atoms with E-state index in [9.17, 15) is 18.4 Å². The minimum Gasteiger partial charge on any atom is -0.450 e. The van der Waals surface area contributed by atoms with Gasteiger partial charge >= 0.3 is 6.09 Å². The Bertz CT molecular complexity index is 792. The van der Waals surface area contributed by atoms with Crippen LogP contribution in [0.4, 0.5) is 13.6 Å². The molecule has 0 heterocycles. The van der Waals surface area contributed by atoms with Crippen molar-refractivity contribution >= 4 is 27.8 Å². The number of ether oxygens (including phenoxy) is 1. The van der Waals surface area contributed by atoms with E-state index in [-0.39, 0.29) is 12.8 Å². The fourth-order valence-corrected chi connectivity index (χ4v) is 2.94. The predicted octanol–water partition coefficient (Wildman–Crippen LogP) is 5.96. The smallest absolute Gasteiger partial charge is 0.407 e. The first kappa shape index (κ1) is 22.0. The highest BCUT2D eigenvalue weighted by Gasteiger charge is 2.21. The molecule has 150 valence electrons. The molecule has 1 atom stereocenters. The highest BCUT2D eigenvalue weighted by Crippen LogP contribution is 2.23. The lowest BCUT2D eigenvalue weighted by Gasteiger charge is -2.19. The molecule has 1 unspecified atom stereocenters. The maximum absolute atomic E-state index is 13.8. The van der Waals surface area contributed by atoms with E-state index >= 15 is 0 Å². The molecule has 0 spiro atoms. The number of benzene rings is 2. The second-order valence-electron chi connectivity index (χ2n) is 6.30. The lowest BCUT2D eigenvalue weighted by Crippen LogP contribution is -2.30. The molecule has 0 saturated carbocycles. The summed E-state index contributed by atoms with van der Waals surface area (Å²) in [6, 6.07) is 10.00. The van der Waals surface area contributed by atoms with Gasteiger partial charge < -0.3 is 10.1 Å². The fraction of sp³-hybridized carbons (Fsp3) is 0.333. The first-order valence-electron chi connectivity index (χ1n) is 9.08. The van der Waals surface area contributed by atoms with Crippen molar-refractivity contribution in [3.8, 4) is 0 Å². The van der Waals surface area contributed by atoms with Crippen molar-refractivity contribution in [2.45, 2.75) is 38.6 Å². The SMILES string of the molecule is CCCCOC(=O)NC(CCC(=O)c1c(F)cccc1F)c1ccc(Br)cc1. The van der Waals surface area contributed by atoms with E-state index < -0.39 is 35.1 Å². The molecule has 0 aliphatic heterocycles. The van der Waals surface area contributed by atoms with E-state index in [2.05, 4.69) is 21.2 Å². The molecule has 0 aliphatic carbocycles. The Morgan fingerprint density at radius 3 is 2.36 bits per heavy atom. The van der Waals surface area contributed by atoms with Gasteiger partial charge in [0.1, 0.15) is 11.6 Å². The number of hydrogen-bond acceptors (Lipinski definition) is 3. The summed E-state index contributed by atoms with van der Waals surface area (Å²) >= 11 is 3.35. The summed E-state index contributed by atoms with van der Waals surface area (Å²) in [6.45, 7) is 2.29. The van der Waals surface area contributed by atoms with Gasteiger partial charge in [-0.1, -0.05) is 47.5 Å². The van der Waals surface area contributed by atoms with Gasteiger partial charge in [0.25, 0.3) is 0 Å². The summed E-state index contributed by atoms with van der Waals surface area (Å²) in [4.78, 5) is 24.4. The van der Waals surface area contributed by atoms with Crippen molar-refractivity contribution in [2.24, 2.45) is 0 Å². The fourth-order valence-electron chi connectivity index (χ4n) is 2.68. The van der Waals surface area contributed by atoms with E-state index in [0.717, 1.165) is 35.0 Å². The molecule has 0 aromatic heterocycles. The number of amides is 1. The maximum Gasteiger partial charge on any atom is 0.407 e. The molecule has 1 N–H and O–H groups in total. The van der Waals surface area contributed by atoms with E-state index in [0.29, 0.717) is 6.61 Å². The van der Waals surface area contributed by atoms with Gasteiger partial charge in [0.15, 0.2) is 5.78 Å². The number of carbonyl (C=O) groups excluding carboxylic acids is 2. The van der Waals surface area contributed by atoms with Crippen LogP contribution >= 0.6 is 15.9 Å². The Hall–Kier alpha value is -2.28. The average Bonchev–Trinajstić information content (AvgIpc) is 2.66. The Kier molecular flexibility index (Phi) is 8.57. The quantitative estimate of drug-likeness (QED) is 0.376. The molecule has 1 amide bonds. The Balaban J connectivity index is 2.09. The van der Waals surface area contributed by atoms with Crippen molar-refractivity contribution in [3.63, 3.8) is 0 Å². The lowest BCUT2D eigenvalue weighted by atomic mass is 9.98. The largest absolute Gasteiger partial charge is 0.450 e. The topological polar surface area (TPSA) is 55.4 Å². The van der Waals surface area contributed by atoms with E-state index in [1.165, 1.54) is 6.07 Å². The minimum atomic E-state index is -0.892. The number of carbonyl (C=O) groups is 2. The van der Waals surface area contributed by atoms with Gasteiger partial charge in [-0.15, -0.1) is 0 Å². The summed E-state index contributed by atoms with van der Waals surface area (Å²) < 4.78 is 33.6. The Labute approximate surface area is 171 Å². The molecule has 0 aliphatic rings. The van der Waals surface area contributed by atoms with Crippen LogP contribution in [0.1, 0.15) is 54.6 Å². The number of rotatable bonds is 9. The van der Waals surface area contributed by atoms with E-state index in [4.69, 9.17) is 4.74 Å². The first-order chi connectivity index (χ1) is 13.4. The Morgan fingerprint density at radius 2 is 1.75 bits per heavy atom. The molecule has 28 heavy (non-hydrogen) atoms. The monoisotopic (exact) mass is 453 g/mol. The van der Waals surface area contributed by atoms with Crippen LogP contribution < -0.4 is 5.32 Å². The van der Waals surface area contributed by atoms with Crippen LogP contribution in [0.15, 0.2) is 46.9 Å². The maximum atomic E-state index is 13.8. The summed E-state index contributed by atoms with van der Waals surface area (Å²) in [5.74, 6) is -2.44. The number of alkyl carbamates (subject to hydrolysis) is 1. The van der Waals surface area contributed by atoms with Crippen LogP contribution in [0.3, 0.4) is 0 Å². The summed E-state index contributed by atoms with van der Waals surface area (Å²) in [6.07, 6.45) is 1.10. The summed E-state index contributed by atoms with van der Waals surface area (Å²) in [5.41, 5.74) is 0.208. The molecule has 7 heteroatoms. The number of nitrogens with one attached hydrogen (secondary N) is 1. The first-order valence-corrected chi connectivity index (χ1v) is 9.87. The van der Waals surface area contributed by atoms with Crippen molar-refractivity contribution in [1.29, 1.82) is 0 Å². The predicted molar refractivity (Wildman–Crippen MR) is 106 cm³/mol. The van der Waals surface area contributed by atoms with Crippen molar-refractivity contribution in [3.05, 3.63) is 69.7 Å². The second-order valence-corrected chi connectivity index (χ2v) is 7.21. The zero-order valence-corrected chi connectivity index (χ0v) is 17.1. The number of unbranched alkanes of at least 4 members (excludes halogenated alkanes) is 1. The van der Waals surface area contributed by atoms with E-state index in [1.807, 2.05) is 19.1 Å². The number of Topliss-reactive ketones (excluding diaryl/α,β-unsaturated/α-hetero) is 1. The highest BCUT2D eigenvalue weighted by molar-refractivity contribution is 9.10. The molecular formula is C21H22BrF2NO3. The average molecular weight is 454 g/mol. The van der Waals surface area contributed by atoms with Crippen LogP contribution in [0.5, 0.6) is 0 Å². The molecule has 0 fully saturated rings. The van der Waals surface area contributed by atoms with Crippen LogP contribution in [0.25, 0.3) is 0 Å². The molecule has 0 radical (unpaired) electrons. The third-order valence-corrected chi connectivity index (χ3v) is 4.73. The molecule has 2 aromatic rings. The van der Waals surface area contributed by atoms with Gasteiger partial charge in [-0.05, 0) is 42.7 Å². The van der Waals surface area contributed by atoms with Gasteiger partial charge in [-0.3, -0.25) is 4.79 Å². The number of halogens is 3. The van der Waals surface area contributed by atoms with E-state index in [1.54, 1.807) is 12.1 Å². The number of hydrogen-bond donors (Lipinski definition) is 1. The highest BCUT2D eigenvalue weighted by atomic mass is 79.9. The second kappa shape index (κ2) is 10.9. The third kappa shape index (κ3) is 6.41. The van der Waals surface area contributed by atoms with Gasteiger partial charge in [0.2, 0.25) is 0 Å². The van der Waals surface area contributed by atoms with Crippen molar-refractivity contribution in [2.75, 3.05) is 6.61 Å². The molecule has 2 rings (SSSR count). The molecule has 4 nitrogen and oxygen atoms in total. The van der Waals surface area contributed by atoms with Gasteiger partial charge in [0, 0.05) is 10.9 Å².